The summed E-state index contributed by atoms with van der Waals surface area (Å²) in [5.41, 5.74) is 6.16. The molecule has 0 fully saturated rings. The van der Waals surface area contributed by atoms with Crippen LogP contribution in [0.25, 0.3) is 0 Å². The zero-order valence-corrected chi connectivity index (χ0v) is 10.6. The molecule has 1 aromatic carbocycles. The summed E-state index contributed by atoms with van der Waals surface area (Å²) in [4.78, 5) is 13.4. The Kier molecular flexibility index (Phi) is 4.97. The second kappa shape index (κ2) is 6.25. The summed E-state index contributed by atoms with van der Waals surface area (Å²) in [7, 11) is 1.74. The fourth-order valence-electron chi connectivity index (χ4n) is 1.51. The Morgan fingerprint density at radius 3 is 2.65 bits per heavy atom. The van der Waals surface area contributed by atoms with E-state index < -0.39 is 0 Å². The van der Waals surface area contributed by atoms with Gasteiger partial charge in [0.25, 0.3) is 0 Å². The Hall–Kier alpha value is -1.55. The molecule has 1 aromatic rings. The highest BCUT2D eigenvalue weighted by Crippen LogP contribution is 2.28. The quantitative estimate of drug-likeness (QED) is 0.848. The molecule has 0 saturated carbocycles. The number of hydrogen-bond donors (Lipinski definition) is 1. The van der Waals surface area contributed by atoms with Crippen molar-refractivity contribution in [2.45, 2.75) is 26.4 Å². The van der Waals surface area contributed by atoms with Gasteiger partial charge in [-0.05, 0) is 26.0 Å². The van der Waals surface area contributed by atoms with E-state index in [-0.39, 0.29) is 12.0 Å². The molecule has 0 saturated heterocycles. The minimum absolute atomic E-state index is 0.00712. The lowest BCUT2D eigenvalue weighted by Gasteiger charge is -2.21. The van der Waals surface area contributed by atoms with Gasteiger partial charge in [-0.2, -0.15) is 0 Å². The third-order valence-electron chi connectivity index (χ3n) is 2.32. The highest BCUT2D eigenvalue weighted by molar-refractivity contribution is 5.94. The van der Waals surface area contributed by atoms with Crippen LogP contribution >= 0.6 is 0 Å². The Bertz CT molecular complexity index is 377. The van der Waals surface area contributed by atoms with E-state index >= 15 is 0 Å². The summed E-state index contributed by atoms with van der Waals surface area (Å²) < 4.78 is 5.67. The lowest BCUT2D eigenvalue weighted by atomic mass is 10.2. The van der Waals surface area contributed by atoms with Crippen molar-refractivity contribution in [2.75, 3.05) is 18.5 Å². The summed E-state index contributed by atoms with van der Waals surface area (Å²) in [6.07, 6.45) is 0.418. The van der Waals surface area contributed by atoms with Gasteiger partial charge in [-0.1, -0.05) is 12.1 Å². The minimum Gasteiger partial charge on any atom is -0.489 e. The second-order valence-corrected chi connectivity index (χ2v) is 4.13. The molecule has 0 radical (unpaired) electrons. The topological polar surface area (TPSA) is 55.6 Å². The number of carbonyl (C=O) groups excluding carboxylic acids is 1. The van der Waals surface area contributed by atoms with Crippen LogP contribution in [0.4, 0.5) is 5.69 Å². The number of carbonyl (C=O) groups is 1. The van der Waals surface area contributed by atoms with Gasteiger partial charge in [0.15, 0.2) is 0 Å². The standard InChI is InChI=1S/C13H20N2O2/c1-10(2)17-12-7-5-4-6-11(12)15(3)13(16)8-9-14/h4-7,10H,8-9,14H2,1-3H3. The fraction of sp³-hybridized carbons (Fsp3) is 0.462. The first-order valence-electron chi connectivity index (χ1n) is 5.78. The van der Waals surface area contributed by atoms with Gasteiger partial charge >= 0.3 is 0 Å². The zero-order chi connectivity index (χ0) is 12.8. The van der Waals surface area contributed by atoms with Crippen LogP contribution < -0.4 is 15.4 Å². The maximum absolute atomic E-state index is 11.8. The highest BCUT2D eigenvalue weighted by Gasteiger charge is 2.14. The predicted octanol–water partition coefficient (Wildman–Crippen LogP) is 1.79. The molecule has 0 heterocycles. The Balaban J connectivity index is 2.92. The fourth-order valence-corrected chi connectivity index (χ4v) is 1.51. The summed E-state index contributed by atoms with van der Waals surface area (Å²) >= 11 is 0. The van der Waals surface area contributed by atoms with Gasteiger partial charge in [-0.25, -0.2) is 0 Å². The smallest absolute Gasteiger partial charge is 0.228 e. The number of amides is 1. The molecule has 0 aliphatic carbocycles. The molecule has 4 heteroatoms. The average molecular weight is 236 g/mol. The monoisotopic (exact) mass is 236 g/mol. The molecule has 0 aliphatic heterocycles. The molecular weight excluding hydrogens is 216 g/mol. The van der Waals surface area contributed by atoms with Crippen LogP contribution in [0.2, 0.25) is 0 Å². The molecule has 1 rings (SSSR count). The predicted molar refractivity (Wildman–Crippen MR) is 69.3 cm³/mol. The maximum Gasteiger partial charge on any atom is 0.228 e. The number of nitrogens with zero attached hydrogens (tertiary/aromatic N) is 1. The molecule has 1 amide bonds. The SMILES string of the molecule is CC(C)Oc1ccccc1N(C)C(=O)CCN. The van der Waals surface area contributed by atoms with E-state index in [9.17, 15) is 4.79 Å². The van der Waals surface area contributed by atoms with Gasteiger partial charge in [0.2, 0.25) is 5.91 Å². The van der Waals surface area contributed by atoms with Gasteiger partial charge < -0.3 is 15.4 Å². The lowest BCUT2D eigenvalue weighted by molar-refractivity contribution is -0.118. The number of nitrogens with two attached hydrogens (primary N) is 1. The number of benzene rings is 1. The first kappa shape index (κ1) is 13.5. The van der Waals surface area contributed by atoms with Gasteiger partial charge in [0, 0.05) is 20.0 Å². The summed E-state index contributed by atoms with van der Waals surface area (Å²) in [6.45, 7) is 4.27. The third kappa shape index (κ3) is 3.75. The lowest BCUT2D eigenvalue weighted by Crippen LogP contribution is -2.28. The normalized spacial score (nSPS) is 10.4. The number of ether oxygens (including phenoxy) is 1. The van der Waals surface area contributed by atoms with Crippen molar-refractivity contribution in [3.05, 3.63) is 24.3 Å². The van der Waals surface area contributed by atoms with Crippen LogP contribution in [0.1, 0.15) is 20.3 Å². The van der Waals surface area contributed by atoms with Crippen molar-refractivity contribution < 1.29 is 9.53 Å². The molecule has 94 valence electrons. The van der Waals surface area contributed by atoms with Crippen molar-refractivity contribution in [1.82, 2.24) is 0 Å². The molecule has 0 unspecified atom stereocenters. The van der Waals surface area contributed by atoms with Crippen LogP contribution in [-0.4, -0.2) is 25.6 Å². The minimum atomic E-state index is -0.00712. The molecule has 0 spiro atoms. The number of para-hydroxylation sites is 2. The van der Waals surface area contributed by atoms with Crippen molar-refractivity contribution >= 4 is 11.6 Å². The molecule has 17 heavy (non-hydrogen) atoms. The Morgan fingerprint density at radius 1 is 1.41 bits per heavy atom. The summed E-state index contributed by atoms with van der Waals surface area (Å²) in [5.74, 6) is 0.711. The molecule has 0 aromatic heterocycles. The molecule has 0 aliphatic rings. The molecule has 0 atom stereocenters. The van der Waals surface area contributed by atoms with Crippen molar-refractivity contribution in [3.63, 3.8) is 0 Å². The van der Waals surface area contributed by atoms with Crippen LogP contribution in [0.3, 0.4) is 0 Å². The summed E-state index contributed by atoms with van der Waals surface area (Å²) in [5, 5.41) is 0. The largest absolute Gasteiger partial charge is 0.489 e. The van der Waals surface area contributed by atoms with Gasteiger partial charge in [0.1, 0.15) is 5.75 Å². The third-order valence-corrected chi connectivity index (χ3v) is 2.32. The van der Waals surface area contributed by atoms with Gasteiger partial charge in [0.05, 0.1) is 11.8 Å². The molecular formula is C13H20N2O2. The van der Waals surface area contributed by atoms with E-state index in [2.05, 4.69) is 0 Å². The zero-order valence-electron chi connectivity index (χ0n) is 10.6. The maximum atomic E-state index is 11.8. The van der Waals surface area contributed by atoms with Crippen molar-refractivity contribution in [2.24, 2.45) is 5.73 Å². The van der Waals surface area contributed by atoms with E-state index in [0.29, 0.717) is 13.0 Å². The van der Waals surface area contributed by atoms with Crippen LogP contribution in [0.5, 0.6) is 5.75 Å². The van der Waals surface area contributed by atoms with E-state index in [4.69, 9.17) is 10.5 Å². The number of hydrogen-bond acceptors (Lipinski definition) is 3. The van der Waals surface area contributed by atoms with Crippen molar-refractivity contribution in [1.29, 1.82) is 0 Å². The van der Waals surface area contributed by atoms with E-state index in [1.165, 1.54) is 0 Å². The van der Waals surface area contributed by atoms with Crippen molar-refractivity contribution in [3.8, 4) is 5.75 Å². The molecule has 2 N–H and O–H groups in total. The van der Waals surface area contributed by atoms with Crippen LogP contribution in [0, 0.1) is 0 Å². The number of anilines is 1. The Morgan fingerprint density at radius 2 is 2.06 bits per heavy atom. The van der Waals surface area contributed by atoms with Gasteiger partial charge in [-0.15, -0.1) is 0 Å². The second-order valence-electron chi connectivity index (χ2n) is 4.13. The van der Waals surface area contributed by atoms with E-state index in [0.717, 1.165) is 11.4 Å². The Labute approximate surface area is 102 Å². The van der Waals surface area contributed by atoms with Gasteiger partial charge in [-0.3, -0.25) is 4.79 Å². The average Bonchev–Trinajstić information content (AvgIpc) is 2.28. The first-order valence-corrected chi connectivity index (χ1v) is 5.78. The van der Waals surface area contributed by atoms with Crippen LogP contribution in [-0.2, 0) is 4.79 Å². The molecule has 0 bridgehead atoms. The number of rotatable bonds is 5. The van der Waals surface area contributed by atoms with E-state index in [1.54, 1.807) is 11.9 Å². The van der Waals surface area contributed by atoms with Crippen LogP contribution in [0.15, 0.2) is 24.3 Å². The molecule has 4 nitrogen and oxygen atoms in total. The van der Waals surface area contributed by atoms with E-state index in [1.807, 2.05) is 38.1 Å². The highest BCUT2D eigenvalue weighted by atomic mass is 16.5. The summed E-state index contributed by atoms with van der Waals surface area (Å²) in [6, 6.07) is 7.50. The first-order chi connectivity index (χ1) is 8.06.